The van der Waals surface area contributed by atoms with Gasteiger partial charge in [-0.1, -0.05) is 23.2 Å². The molecule has 0 heterocycles. The average Bonchev–Trinajstić information content (AvgIpc) is 2.30. The SMILES string of the molecule is O=[N+]([O-])c1cc(Cl)c(OC(F)(F)C(F)C(F)(F)F)cc1Cl. The van der Waals surface area contributed by atoms with Crippen LogP contribution in [0.1, 0.15) is 0 Å². The second kappa shape index (κ2) is 5.76. The maximum Gasteiger partial charge on any atom is 0.439 e. The summed E-state index contributed by atoms with van der Waals surface area (Å²) in [6.45, 7) is 0. The summed E-state index contributed by atoms with van der Waals surface area (Å²) in [4.78, 5) is 9.46. The van der Waals surface area contributed by atoms with E-state index in [4.69, 9.17) is 23.2 Å². The monoisotopic (exact) mass is 357 g/mol. The summed E-state index contributed by atoms with van der Waals surface area (Å²) in [5, 5.41) is 8.92. The van der Waals surface area contributed by atoms with Gasteiger partial charge in [-0.25, -0.2) is 4.39 Å². The Labute approximate surface area is 122 Å². The standard InChI is InChI=1S/C9H3Cl2F6NO3/c10-3-2-6(4(11)1-5(3)18(19)20)21-9(16,17)7(12)8(13,14)15/h1-2,7H. The predicted molar refractivity (Wildman–Crippen MR) is 59.6 cm³/mol. The number of nitro groups is 1. The van der Waals surface area contributed by atoms with Gasteiger partial charge in [0.2, 0.25) is 0 Å². The van der Waals surface area contributed by atoms with Crippen LogP contribution in [-0.4, -0.2) is 23.4 Å². The van der Waals surface area contributed by atoms with Gasteiger partial charge < -0.3 is 4.74 Å². The molecular formula is C9H3Cl2F6NO3. The number of benzene rings is 1. The summed E-state index contributed by atoms with van der Waals surface area (Å²) < 4.78 is 78.0. The van der Waals surface area contributed by atoms with Gasteiger partial charge in [0.05, 0.1) is 9.95 Å². The van der Waals surface area contributed by atoms with Crippen LogP contribution in [0.5, 0.6) is 5.75 Å². The Morgan fingerprint density at radius 2 is 1.67 bits per heavy atom. The Bertz CT molecular complexity index is 565. The third kappa shape index (κ3) is 4.03. The predicted octanol–water partition coefficient (Wildman–Crippen LogP) is 4.77. The molecular weight excluding hydrogens is 355 g/mol. The Morgan fingerprint density at radius 3 is 2.10 bits per heavy atom. The van der Waals surface area contributed by atoms with Gasteiger partial charge in [0, 0.05) is 12.1 Å². The van der Waals surface area contributed by atoms with Crippen LogP contribution in [0.2, 0.25) is 10.0 Å². The van der Waals surface area contributed by atoms with Gasteiger partial charge in [0.1, 0.15) is 10.8 Å². The summed E-state index contributed by atoms with van der Waals surface area (Å²) in [6.07, 6.45) is -15.8. The fraction of sp³-hybridized carbons (Fsp3) is 0.333. The molecule has 12 heteroatoms. The number of rotatable bonds is 4. The smallest absolute Gasteiger partial charge is 0.428 e. The van der Waals surface area contributed by atoms with Gasteiger partial charge in [-0.15, -0.1) is 0 Å². The van der Waals surface area contributed by atoms with E-state index in [2.05, 4.69) is 4.74 Å². The molecule has 0 aliphatic rings. The minimum absolute atomic E-state index is 0.388. The number of nitrogens with zero attached hydrogens (tertiary/aromatic N) is 1. The lowest BCUT2D eigenvalue weighted by atomic mass is 10.3. The van der Waals surface area contributed by atoms with Gasteiger partial charge in [-0.3, -0.25) is 10.1 Å². The van der Waals surface area contributed by atoms with Crippen LogP contribution in [0.3, 0.4) is 0 Å². The molecule has 1 atom stereocenters. The molecule has 0 aromatic heterocycles. The molecule has 4 nitrogen and oxygen atoms in total. The number of nitro benzene ring substituents is 1. The lowest BCUT2D eigenvalue weighted by Gasteiger charge is -2.23. The van der Waals surface area contributed by atoms with Gasteiger partial charge in [-0.2, -0.15) is 22.0 Å². The van der Waals surface area contributed by atoms with E-state index >= 15 is 0 Å². The van der Waals surface area contributed by atoms with Crippen molar-refractivity contribution in [3.05, 3.63) is 32.3 Å². The molecule has 0 fully saturated rings. The average molecular weight is 358 g/mol. The van der Waals surface area contributed by atoms with Crippen LogP contribution in [0.15, 0.2) is 12.1 Å². The number of halogens is 8. The number of alkyl halides is 6. The van der Waals surface area contributed by atoms with E-state index in [9.17, 15) is 36.5 Å². The normalized spacial score (nSPS) is 13.9. The molecule has 1 rings (SSSR count). The Hall–Kier alpha value is -1.42. The molecule has 0 aliphatic heterocycles. The molecule has 0 aliphatic carbocycles. The first-order valence-electron chi connectivity index (χ1n) is 4.77. The van der Waals surface area contributed by atoms with E-state index in [1.165, 1.54) is 0 Å². The van der Waals surface area contributed by atoms with Crippen LogP contribution in [0.4, 0.5) is 32.0 Å². The van der Waals surface area contributed by atoms with E-state index in [0.29, 0.717) is 12.1 Å². The largest absolute Gasteiger partial charge is 0.439 e. The van der Waals surface area contributed by atoms with E-state index in [1.54, 1.807) is 0 Å². The van der Waals surface area contributed by atoms with Crippen molar-refractivity contribution in [2.45, 2.75) is 18.5 Å². The molecule has 1 unspecified atom stereocenters. The minimum Gasteiger partial charge on any atom is -0.428 e. The highest BCUT2D eigenvalue weighted by Gasteiger charge is 2.59. The maximum absolute atomic E-state index is 13.0. The van der Waals surface area contributed by atoms with Crippen molar-refractivity contribution in [2.75, 3.05) is 0 Å². The molecule has 0 saturated carbocycles. The summed E-state index contributed by atoms with van der Waals surface area (Å²) in [6, 6.07) is 0.870. The van der Waals surface area contributed by atoms with Crippen LogP contribution in [-0.2, 0) is 0 Å². The quantitative estimate of drug-likeness (QED) is 0.443. The second-order valence-corrected chi connectivity index (χ2v) is 4.37. The molecule has 0 amide bonds. The van der Waals surface area contributed by atoms with Crippen molar-refractivity contribution in [3.8, 4) is 5.75 Å². The summed E-state index contributed by atoms with van der Waals surface area (Å²) in [5.41, 5.74) is -0.787. The van der Waals surface area contributed by atoms with Crippen molar-refractivity contribution >= 4 is 28.9 Å². The van der Waals surface area contributed by atoms with Gasteiger partial charge >= 0.3 is 12.3 Å². The molecule has 0 saturated heterocycles. The maximum atomic E-state index is 13.0. The summed E-state index contributed by atoms with van der Waals surface area (Å²) >= 11 is 10.7. The Kier molecular flexibility index (Phi) is 4.83. The molecule has 21 heavy (non-hydrogen) atoms. The van der Waals surface area contributed by atoms with E-state index in [-0.39, 0.29) is 0 Å². The van der Waals surface area contributed by atoms with Crippen molar-refractivity contribution in [1.29, 1.82) is 0 Å². The third-order valence-corrected chi connectivity index (χ3v) is 2.62. The zero-order chi connectivity index (χ0) is 16.6. The highest BCUT2D eigenvalue weighted by molar-refractivity contribution is 6.35. The minimum atomic E-state index is -5.87. The first-order valence-corrected chi connectivity index (χ1v) is 5.53. The molecule has 118 valence electrons. The molecule has 0 N–H and O–H groups in total. The lowest BCUT2D eigenvalue weighted by molar-refractivity contribution is -0.384. The molecule has 0 bridgehead atoms. The highest BCUT2D eigenvalue weighted by Crippen LogP contribution is 2.41. The molecule has 0 radical (unpaired) electrons. The number of hydrogen-bond acceptors (Lipinski definition) is 3. The van der Waals surface area contributed by atoms with Crippen LogP contribution < -0.4 is 4.74 Å². The molecule has 1 aromatic carbocycles. The third-order valence-electron chi connectivity index (χ3n) is 2.03. The first-order chi connectivity index (χ1) is 9.36. The zero-order valence-electron chi connectivity index (χ0n) is 9.43. The van der Waals surface area contributed by atoms with E-state index in [0.717, 1.165) is 0 Å². The van der Waals surface area contributed by atoms with Crippen LogP contribution in [0, 0.1) is 10.1 Å². The van der Waals surface area contributed by atoms with Crippen molar-refractivity contribution in [1.82, 2.24) is 0 Å². The second-order valence-electron chi connectivity index (χ2n) is 3.56. The lowest BCUT2D eigenvalue weighted by Crippen LogP contribution is -2.45. The highest BCUT2D eigenvalue weighted by atomic mass is 35.5. The zero-order valence-corrected chi connectivity index (χ0v) is 10.9. The molecule has 1 aromatic rings. The van der Waals surface area contributed by atoms with Gasteiger partial charge in [0.25, 0.3) is 11.9 Å². The van der Waals surface area contributed by atoms with E-state index in [1.807, 2.05) is 0 Å². The van der Waals surface area contributed by atoms with Crippen LogP contribution in [0.25, 0.3) is 0 Å². The first kappa shape index (κ1) is 17.6. The Morgan fingerprint density at radius 1 is 1.14 bits per heavy atom. The fourth-order valence-electron chi connectivity index (χ4n) is 1.13. The fourth-order valence-corrected chi connectivity index (χ4v) is 1.54. The number of hydrogen-bond donors (Lipinski definition) is 0. The van der Waals surface area contributed by atoms with Gasteiger partial charge in [-0.05, 0) is 0 Å². The van der Waals surface area contributed by atoms with Gasteiger partial charge in [0.15, 0.2) is 0 Å². The topological polar surface area (TPSA) is 52.4 Å². The Balaban J connectivity index is 3.14. The summed E-state index contributed by atoms with van der Waals surface area (Å²) in [5.74, 6) is -1.14. The van der Waals surface area contributed by atoms with Crippen molar-refractivity contribution < 1.29 is 36.0 Å². The number of ether oxygens (including phenoxy) is 1. The van der Waals surface area contributed by atoms with E-state index < -0.39 is 44.9 Å². The van der Waals surface area contributed by atoms with Crippen molar-refractivity contribution in [2.24, 2.45) is 0 Å². The summed E-state index contributed by atoms with van der Waals surface area (Å²) in [7, 11) is 0. The van der Waals surface area contributed by atoms with Crippen LogP contribution >= 0.6 is 23.2 Å². The van der Waals surface area contributed by atoms with Crippen molar-refractivity contribution in [3.63, 3.8) is 0 Å². The molecule has 0 spiro atoms.